The van der Waals surface area contributed by atoms with Crippen LogP contribution in [0.25, 0.3) is 0 Å². The number of hydrogen-bond acceptors (Lipinski definition) is 3. The highest BCUT2D eigenvalue weighted by Crippen LogP contribution is 2.52. The second-order valence-electron chi connectivity index (χ2n) is 16.1. The topological polar surface area (TPSA) is 60.9 Å². The molecule has 0 aliphatic rings. The summed E-state index contributed by atoms with van der Waals surface area (Å²) in [5.41, 5.74) is 2.13. The Morgan fingerprint density at radius 1 is 0.246 bits per heavy atom. The number of benzene rings is 8. The summed E-state index contributed by atoms with van der Waals surface area (Å²) >= 11 is 0. The van der Waals surface area contributed by atoms with Crippen LogP contribution in [0.3, 0.4) is 0 Å². The largest absolute Gasteiger partial charge is 0.296 e. The standard InChI is InChI=1S/C56H56N3O3P3/c60-63(51-31-13-3-14-32-51,52-33-15-4-16-34-52)57(43-25-45-58(47-49-27-9-1-10-28-49)64(61,53-35-17-5-18-36-53)54-37-19-6-20-38-54)44-26-46-59(48-50-29-11-2-12-30-50)65(62,55-39-21-7-22-40-55)56-41-23-8-24-42-56/h1-24,27-42H,25-26,43-48H2. The molecule has 0 heterocycles. The second-order valence-corrected chi connectivity index (χ2v) is 24.4. The third kappa shape index (κ3) is 10.6. The molecule has 8 rings (SSSR count). The Hall–Kier alpha value is -5.67. The third-order valence-electron chi connectivity index (χ3n) is 11.9. The molecular formula is C56H56N3O3P3. The zero-order chi connectivity index (χ0) is 44.8. The first kappa shape index (κ1) is 45.9. The highest BCUT2D eigenvalue weighted by Gasteiger charge is 2.39. The van der Waals surface area contributed by atoms with E-state index in [9.17, 15) is 0 Å². The quantitative estimate of drug-likeness (QED) is 0.0670. The predicted octanol–water partition coefficient (Wildman–Crippen LogP) is 10.9. The van der Waals surface area contributed by atoms with Gasteiger partial charge >= 0.3 is 0 Å². The lowest BCUT2D eigenvalue weighted by Gasteiger charge is -2.36. The number of hydrogen-bond donors (Lipinski definition) is 0. The maximum atomic E-state index is 16.3. The van der Waals surface area contributed by atoms with E-state index in [-0.39, 0.29) is 0 Å². The minimum absolute atomic E-state index is 0.462. The fourth-order valence-corrected chi connectivity index (χ4v) is 17.4. The molecule has 0 saturated heterocycles. The minimum Gasteiger partial charge on any atom is -0.296 e. The van der Waals surface area contributed by atoms with Crippen LogP contribution in [0.15, 0.2) is 243 Å². The highest BCUT2D eigenvalue weighted by molar-refractivity contribution is 7.77. The Balaban J connectivity index is 1.17. The van der Waals surface area contributed by atoms with Crippen molar-refractivity contribution in [3.8, 4) is 0 Å². The van der Waals surface area contributed by atoms with E-state index in [1.807, 2.05) is 218 Å². The van der Waals surface area contributed by atoms with E-state index in [0.29, 0.717) is 52.1 Å². The molecule has 328 valence electrons. The van der Waals surface area contributed by atoms with Crippen molar-refractivity contribution in [1.29, 1.82) is 0 Å². The maximum Gasteiger partial charge on any atom is 0.207 e. The molecule has 8 aromatic carbocycles. The Kier molecular flexibility index (Phi) is 15.5. The van der Waals surface area contributed by atoms with Crippen LogP contribution in [-0.4, -0.2) is 40.2 Å². The molecule has 65 heavy (non-hydrogen) atoms. The first-order valence-electron chi connectivity index (χ1n) is 22.4. The van der Waals surface area contributed by atoms with E-state index in [4.69, 9.17) is 0 Å². The van der Waals surface area contributed by atoms with Crippen molar-refractivity contribution in [2.75, 3.05) is 26.2 Å². The van der Waals surface area contributed by atoms with Crippen molar-refractivity contribution >= 4 is 53.7 Å². The van der Waals surface area contributed by atoms with E-state index in [1.165, 1.54) is 0 Å². The molecule has 8 aromatic rings. The summed E-state index contributed by atoms with van der Waals surface area (Å²) in [4.78, 5) is 0. The van der Waals surface area contributed by atoms with Crippen LogP contribution in [0.5, 0.6) is 0 Å². The molecule has 0 aliphatic heterocycles. The summed E-state index contributed by atoms with van der Waals surface area (Å²) in [6, 6.07) is 79.4. The molecule has 0 unspecified atom stereocenters. The summed E-state index contributed by atoms with van der Waals surface area (Å²) in [5, 5.41) is 4.62. The van der Waals surface area contributed by atoms with Gasteiger partial charge in [-0.3, -0.25) is 13.7 Å². The molecule has 0 spiro atoms. The third-order valence-corrected chi connectivity index (χ3v) is 21.4. The van der Waals surface area contributed by atoms with Gasteiger partial charge in [0.1, 0.15) is 0 Å². The molecule has 6 nitrogen and oxygen atoms in total. The van der Waals surface area contributed by atoms with Crippen LogP contribution in [0, 0.1) is 0 Å². The van der Waals surface area contributed by atoms with E-state index < -0.39 is 21.9 Å². The summed E-state index contributed by atoms with van der Waals surface area (Å²) in [6.45, 7) is 2.83. The van der Waals surface area contributed by atoms with Crippen LogP contribution < -0.4 is 31.8 Å². The molecule has 0 aliphatic carbocycles. The van der Waals surface area contributed by atoms with Gasteiger partial charge < -0.3 is 0 Å². The van der Waals surface area contributed by atoms with Crippen molar-refractivity contribution in [1.82, 2.24) is 14.0 Å². The molecule has 0 amide bonds. The number of rotatable bonds is 21. The Bertz CT molecular complexity index is 2530. The van der Waals surface area contributed by atoms with Crippen molar-refractivity contribution < 1.29 is 13.7 Å². The fourth-order valence-electron chi connectivity index (χ4n) is 8.70. The van der Waals surface area contributed by atoms with Crippen molar-refractivity contribution in [3.05, 3.63) is 254 Å². The van der Waals surface area contributed by atoms with Gasteiger partial charge in [0.25, 0.3) is 0 Å². The van der Waals surface area contributed by atoms with Gasteiger partial charge in [0.05, 0.1) is 0 Å². The normalized spacial score (nSPS) is 12.2. The van der Waals surface area contributed by atoms with Gasteiger partial charge in [-0.15, -0.1) is 0 Å². The van der Waals surface area contributed by atoms with Gasteiger partial charge in [-0.1, -0.05) is 170 Å². The highest BCUT2D eigenvalue weighted by atomic mass is 31.2. The van der Waals surface area contributed by atoms with Crippen molar-refractivity contribution in [2.45, 2.75) is 25.9 Å². The van der Waals surface area contributed by atoms with Crippen LogP contribution in [0.1, 0.15) is 24.0 Å². The fraction of sp³-hybridized carbons (Fsp3) is 0.143. The average Bonchev–Trinajstić information content (AvgIpc) is 3.39. The van der Waals surface area contributed by atoms with Crippen LogP contribution in [0.2, 0.25) is 0 Å². The summed E-state index contributed by atoms with van der Waals surface area (Å²) in [5.74, 6) is 0. The lowest BCUT2D eigenvalue weighted by Crippen LogP contribution is -2.38. The lowest BCUT2D eigenvalue weighted by atomic mass is 10.2. The summed E-state index contributed by atoms with van der Waals surface area (Å²) in [7, 11) is -10.1. The van der Waals surface area contributed by atoms with Crippen molar-refractivity contribution in [3.63, 3.8) is 0 Å². The molecular weight excluding hydrogens is 856 g/mol. The van der Waals surface area contributed by atoms with Crippen LogP contribution >= 0.6 is 21.9 Å². The number of nitrogens with zero attached hydrogens (tertiary/aromatic N) is 3. The second kappa shape index (κ2) is 22.0. The first-order chi connectivity index (χ1) is 31.9. The lowest BCUT2D eigenvalue weighted by molar-refractivity contribution is 0.341. The summed E-state index contributed by atoms with van der Waals surface area (Å²) < 4.78 is 54.8. The molecule has 0 radical (unpaired) electrons. The van der Waals surface area contributed by atoms with Gasteiger partial charge in [0.2, 0.25) is 21.9 Å². The Morgan fingerprint density at radius 3 is 0.662 bits per heavy atom. The molecule has 0 bridgehead atoms. The van der Waals surface area contributed by atoms with Gasteiger partial charge in [0.15, 0.2) is 0 Å². The smallest absolute Gasteiger partial charge is 0.207 e. The molecule has 0 N–H and O–H groups in total. The van der Waals surface area contributed by atoms with Crippen LogP contribution in [0.4, 0.5) is 0 Å². The van der Waals surface area contributed by atoms with E-state index in [1.54, 1.807) is 0 Å². The van der Waals surface area contributed by atoms with E-state index in [2.05, 4.69) is 38.3 Å². The molecule has 0 atom stereocenters. The van der Waals surface area contributed by atoms with Crippen LogP contribution in [-0.2, 0) is 26.8 Å². The van der Waals surface area contributed by atoms with E-state index in [0.717, 1.165) is 43.0 Å². The first-order valence-corrected chi connectivity index (χ1v) is 27.4. The zero-order valence-electron chi connectivity index (χ0n) is 36.7. The molecule has 0 fully saturated rings. The van der Waals surface area contributed by atoms with E-state index >= 15 is 13.7 Å². The Morgan fingerprint density at radius 2 is 0.431 bits per heavy atom. The van der Waals surface area contributed by atoms with Gasteiger partial charge in [-0.25, -0.2) is 14.0 Å². The Labute approximate surface area is 385 Å². The van der Waals surface area contributed by atoms with Crippen molar-refractivity contribution in [2.24, 2.45) is 0 Å². The average molecular weight is 912 g/mol. The molecule has 0 saturated carbocycles. The summed E-state index contributed by atoms with van der Waals surface area (Å²) in [6.07, 6.45) is 1.17. The van der Waals surface area contributed by atoms with Gasteiger partial charge in [-0.2, -0.15) is 0 Å². The molecule has 0 aromatic heterocycles. The maximum absolute atomic E-state index is 16.3. The predicted molar refractivity (Wildman–Crippen MR) is 274 cm³/mol. The monoisotopic (exact) mass is 911 g/mol. The SMILES string of the molecule is O=P(c1ccccc1)(c1ccccc1)N(CCCN(Cc1ccccc1)P(=O)(c1ccccc1)c1ccccc1)CCCN(Cc1ccccc1)P(=O)(c1ccccc1)c1ccccc1. The van der Waals surface area contributed by atoms with Gasteiger partial charge in [-0.05, 0) is 96.8 Å². The molecule has 9 heteroatoms. The van der Waals surface area contributed by atoms with Gasteiger partial charge in [0, 0.05) is 71.1 Å². The zero-order valence-corrected chi connectivity index (χ0v) is 39.3. The minimum atomic E-state index is -3.44.